The maximum absolute atomic E-state index is 10.3. The Balaban J connectivity index is -0.000000567. The van der Waals surface area contributed by atoms with E-state index in [2.05, 4.69) is 0 Å². The third-order valence-electron chi connectivity index (χ3n) is 6.09. The Morgan fingerprint density at radius 1 is 0.214 bits per heavy atom. The molecule has 0 amide bonds. The van der Waals surface area contributed by atoms with Crippen molar-refractivity contribution >= 4 is 35.8 Å². The van der Waals surface area contributed by atoms with Crippen molar-refractivity contribution in [3.8, 4) is 0 Å². The lowest BCUT2D eigenvalue weighted by Crippen LogP contribution is -1.97. The van der Waals surface area contributed by atoms with E-state index in [4.69, 9.17) is 30.6 Å². The van der Waals surface area contributed by atoms with E-state index in [1.165, 1.54) is 25.7 Å². The first-order valence-corrected chi connectivity index (χ1v) is 15.2. The van der Waals surface area contributed by atoms with E-state index < -0.39 is 35.8 Å². The van der Waals surface area contributed by atoms with Crippen LogP contribution in [-0.4, -0.2) is 66.5 Å². The molecule has 0 spiro atoms. The number of hydrogen-bond donors (Lipinski definition) is 6. The predicted octanol–water partition coefficient (Wildman–Crippen LogP) is 6.83. The summed E-state index contributed by atoms with van der Waals surface area (Å²) in [5, 5.41) is 49.9. The lowest BCUT2D eigenvalue weighted by atomic mass is 10.1. The van der Waals surface area contributed by atoms with Crippen molar-refractivity contribution in [3.05, 3.63) is 0 Å². The van der Waals surface area contributed by atoms with Crippen molar-refractivity contribution in [1.82, 2.24) is 0 Å². The number of carboxylic acids is 6. The van der Waals surface area contributed by atoms with E-state index >= 15 is 0 Å². The molecular weight excluding hydrogens is 552 g/mol. The van der Waals surface area contributed by atoms with Gasteiger partial charge in [-0.2, -0.15) is 0 Å². The lowest BCUT2D eigenvalue weighted by Gasteiger charge is -2.01. The minimum atomic E-state index is -0.870. The average Bonchev–Trinajstić information content (AvgIpc) is 2.88. The van der Waals surface area contributed by atoms with Gasteiger partial charge < -0.3 is 30.6 Å². The molecule has 0 unspecified atom stereocenters. The van der Waals surface area contributed by atoms with Crippen LogP contribution in [0.4, 0.5) is 0 Å². The van der Waals surface area contributed by atoms with Gasteiger partial charge in [0.25, 0.3) is 0 Å². The third kappa shape index (κ3) is 53.1. The number of unbranched alkanes of at least 4 members (excludes halogenated alkanes) is 15. The first kappa shape index (κ1) is 43.3. The van der Waals surface area contributed by atoms with Gasteiger partial charge in [-0.25, -0.2) is 0 Å². The number of rotatable bonds is 27. The standard InChI is InChI=1S/C14H26O4.C10H18O4.C6H10O4/c15-13(16)11-9-7-5-3-1-2-4-6-8-10-12-14(17)18;11-9(12)7-5-3-1-2-4-6-8-10(13)14;7-5(8)3-1-2-4-6(9)10/h1-12H2,(H,15,16)(H,17,18);1-8H2,(H,11,12)(H,13,14);1-4H2,(H,7,8)(H,9,10). The number of hydrogen-bond acceptors (Lipinski definition) is 6. The van der Waals surface area contributed by atoms with Crippen molar-refractivity contribution in [1.29, 1.82) is 0 Å². The molecule has 0 aromatic carbocycles. The van der Waals surface area contributed by atoms with E-state index in [0.717, 1.165) is 77.0 Å². The van der Waals surface area contributed by atoms with Crippen molar-refractivity contribution in [2.45, 2.75) is 154 Å². The first-order valence-electron chi connectivity index (χ1n) is 15.2. The second-order valence-electron chi connectivity index (χ2n) is 10.2. The summed E-state index contributed by atoms with van der Waals surface area (Å²) in [6.07, 6.45) is 18.1. The molecule has 12 heteroatoms. The molecule has 0 saturated carbocycles. The molecule has 0 radical (unpaired) electrons. The molecule has 0 aromatic heterocycles. The highest BCUT2D eigenvalue weighted by molar-refractivity contribution is 5.68. The molecule has 0 saturated heterocycles. The van der Waals surface area contributed by atoms with Gasteiger partial charge in [0.15, 0.2) is 0 Å². The molecule has 0 aliphatic heterocycles. The highest BCUT2D eigenvalue weighted by Gasteiger charge is 2.00. The zero-order chi connectivity index (χ0) is 32.4. The van der Waals surface area contributed by atoms with Crippen LogP contribution in [-0.2, 0) is 28.8 Å². The summed E-state index contributed by atoms with van der Waals surface area (Å²) < 4.78 is 0. The summed E-state index contributed by atoms with van der Waals surface area (Å²) in [4.78, 5) is 60.6. The quantitative estimate of drug-likeness (QED) is 0.0529. The third-order valence-corrected chi connectivity index (χ3v) is 6.09. The monoisotopic (exact) mass is 606 g/mol. The van der Waals surface area contributed by atoms with Crippen LogP contribution >= 0.6 is 0 Å². The Morgan fingerprint density at radius 2 is 0.310 bits per heavy atom. The van der Waals surface area contributed by atoms with Gasteiger partial charge in [0.2, 0.25) is 0 Å². The van der Waals surface area contributed by atoms with Gasteiger partial charge in [0.1, 0.15) is 0 Å². The molecule has 42 heavy (non-hydrogen) atoms. The van der Waals surface area contributed by atoms with Crippen LogP contribution < -0.4 is 0 Å². The topological polar surface area (TPSA) is 224 Å². The van der Waals surface area contributed by atoms with Gasteiger partial charge in [-0.15, -0.1) is 0 Å². The summed E-state index contributed by atoms with van der Waals surface area (Å²) in [5.41, 5.74) is 0. The van der Waals surface area contributed by atoms with Gasteiger partial charge in [-0.1, -0.05) is 77.0 Å². The molecule has 0 aliphatic carbocycles. The molecule has 6 N–H and O–H groups in total. The number of aliphatic carboxylic acids is 6. The second kappa shape index (κ2) is 34.0. The molecule has 0 bridgehead atoms. The van der Waals surface area contributed by atoms with Crippen LogP contribution in [0.5, 0.6) is 0 Å². The van der Waals surface area contributed by atoms with Crippen molar-refractivity contribution in [3.63, 3.8) is 0 Å². The van der Waals surface area contributed by atoms with E-state index in [9.17, 15) is 28.8 Å². The fraction of sp³-hybridized carbons (Fsp3) is 0.800. The Bertz CT molecular complexity index is 661. The van der Waals surface area contributed by atoms with E-state index in [-0.39, 0.29) is 25.7 Å². The fourth-order valence-corrected chi connectivity index (χ4v) is 3.78. The van der Waals surface area contributed by atoms with Crippen molar-refractivity contribution in [2.24, 2.45) is 0 Å². The highest BCUT2D eigenvalue weighted by atomic mass is 16.4. The molecule has 0 rings (SSSR count). The van der Waals surface area contributed by atoms with E-state index in [0.29, 0.717) is 25.7 Å². The van der Waals surface area contributed by atoms with Crippen molar-refractivity contribution < 1.29 is 59.4 Å². The average molecular weight is 607 g/mol. The summed E-state index contributed by atoms with van der Waals surface area (Å²) >= 11 is 0. The Morgan fingerprint density at radius 3 is 0.429 bits per heavy atom. The normalized spacial score (nSPS) is 10.0. The predicted molar refractivity (Wildman–Crippen MR) is 157 cm³/mol. The fourth-order valence-electron chi connectivity index (χ4n) is 3.78. The molecule has 0 heterocycles. The summed E-state index contributed by atoms with van der Waals surface area (Å²) in [6.45, 7) is 0. The van der Waals surface area contributed by atoms with E-state index in [1.807, 2.05) is 0 Å². The van der Waals surface area contributed by atoms with Gasteiger partial charge in [-0.3, -0.25) is 28.8 Å². The maximum Gasteiger partial charge on any atom is 0.303 e. The number of carboxylic acid groups (broad SMARTS) is 6. The first-order chi connectivity index (χ1) is 19.9. The SMILES string of the molecule is O=C(O)CCCCC(=O)O.O=C(O)CCCCCCCCC(=O)O.O=C(O)CCCCCCCCCCCCC(=O)O. The van der Waals surface area contributed by atoms with Crippen LogP contribution in [0.3, 0.4) is 0 Å². The minimum absolute atomic E-state index is 0.0628. The zero-order valence-electron chi connectivity index (χ0n) is 25.1. The smallest absolute Gasteiger partial charge is 0.303 e. The molecular formula is C30H54O12. The second-order valence-corrected chi connectivity index (χ2v) is 10.2. The molecule has 0 aromatic rings. The summed E-state index contributed by atoms with van der Waals surface area (Å²) in [6, 6.07) is 0. The summed E-state index contributed by atoms with van der Waals surface area (Å²) in [5.74, 6) is -4.62. The minimum Gasteiger partial charge on any atom is -0.481 e. The van der Waals surface area contributed by atoms with Gasteiger partial charge >= 0.3 is 35.8 Å². The Labute approximate surface area is 249 Å². The van der Waals surface area contributed by atoms with Crippen LogP contribution in [0.25, 0.3) is 0 Å². The zero-order valence-corrected chi connectivity index (χ0v) is 25.1. The van der Waals surface area contributed by atoms with Crippen LogP contribution in [0.15, 0.2) is 0 Å². The van der Waals surface area contributed by atoms with Crippen molar-refractivity contribution in [2.75, 3.05) is 0 Å². The lowest BCUT2D eigenvalue weighted by molar-refractivity contribution is -0.139. The maximum atomic E-state index is 10.3. The molecule has 246 valence electrons. The number of carbonyl (C=O) groups is 6. The summed E-state index contributed by atoms with van der Waals surface area (Å²) in [7, 11) is 0. The van der Waals surface area contributed by atoms with Crippen LogP contribution in [0.1, 0.15) is 154 Å². The van der Waals surface area contributed by atoms with Crippen LogP contribution in [0.2, 0.25) is 0 Å². The van der Waals surface area contributed by atoms with Gasteiger partial charge in [0, 0.05) is 38.5 Å². The molecule has 0 atom stereocenters. The largest absolute Gasteiger partial charge is 0.481 e. The molecule has 0 fully saturated rings. The highest BCUT2D eigenvalue weighted by Crippen LogP contribution is 2.12. The Hall–Kier alpha value is -3.18. The van der Waals surface area contributed by atoms with Crippen LogP contribution in [0, 0.1) is 0 Å². The van der Waals surface area contributed by atoms with Gasteiger partial charge in [-0.05, 0) is 38.5 Å². The van der Waals surface area contributed by atoms with E-state index in [1.54, 1.807) is 0 Å². The molecule has 0 aliphatic rings. The van der Waals surface area contributed by atoms with Gasteiger partial charge in [0.05, 0.1) is 0 Å². The Kier molecular flexibility index (Phi) is 35.1. The molecule has 12 nitrogen and oxygen atoms in total.